The molecule has 0 radical (unpaired) electrons. The summed E-state index contributed by atoms with van der Waals surface area (Å²) in [5, 5.41) is 44.1. The highest BCUT2D eigenvalue weighted by Crippen LogP contribution is 2.52. The van der Waals surface area contributed by atoms with E-state index >= 15 is 4.39 Å². The maximum Gasteiger partial charge on any atom is 0.255 e. The number of nitrogens with two attached hydrogens (primary N) is 1. The van der Waals surface area contributed by atoms with Crippen molar-refractivity contribution in [2.45, 2.75) is 30.9 Å². The lowest BCUT2D eigenvalue weighted by Crippen LogP contribution is -2.63. The van der Waals surface area contributed by atoms with Crippen LogP contribution in [0.3, 0.4) is 0 Å². The molecule has 0 aliphatic heterocycles. The molecule has 10 nitrogen and oxygen atoms in total. The minimum absolute atomic E-state index is 0.00174. The summed E-state index contributed by atoms with van der Waals surface area (Å²) in [5.41, 5.74) is 1.31. The summed E-state index contributed by atoms with van der Waals surface area (Å²) < 4.78 is 15.5. The smallest absolute Gasteiger partial charge is 0.255 e. The molecule has 0 spiro atoms. The highest BCUT2D eigenvalue weighted by molar-refractivity contribution is 6.24. The van der Waals surface area contributed by atoms with Crippen molar-refractivity contribution in [3.05, 3.63) is 51.2 Å². The van der Waals surface area contributed by atoms with Crippen LogP contribution < -0.4 is 5.73 Å². The van der Waals surface area contributed by atoms with E-state index in [1.165, 1.54) is 11.0 Å². The molecule has 6 N–H and O–H groups in total. The Bertz CT molecular complexity index is 1250. The molecule has 0 bridgehead atoms. The molecule has 4 rings (SSSR count). The first-order valence-electron chi connectivity index (χ1n) is 11.6. The molecule has 1 aromatic carbocycles. The number of ketones is 2. The molecule has 0 heterocycles. The number of nitrogens with zero attached hydrogens (tertiary/aromatic N) is 2. The van der Waals surface area contributed by atoms with Gasteiger partial charge in [0.15, 0.2) is 11.4 Å². The standard InChI is InChI=1S/C25H30FN3O7/c1-28(2)6-5-10-9-14(30)16-12(18(10)26)7-11-8-13-19(29(3)4)21(32)17(24(27)35)23(34)25(13,36)22(33)15(11)20(16)31/h9,11,13,19,30,32-33,36H,5-8H2,1-4H3,(H2,27,35)/t11-,13-,19-,25-/m0/s1. The van der Waals surface area contributed by atoms with Gasteiger partial charge in [0.2, 0.25) is 5.78 Å². The maximum absolute atomic E-state index is 15.5. The number of aromatic hydroxyl groups is 1. The number of likely N-dealkylation sites (N-methyl/N-ethyl adjacent to an activating group) is 2. The molecule has 0 saturated heterocycles. The normalized spacial score (nSPS) is 27.9. The number of halogens is 1. The Kier molecular flexibility index (Phi) is 6.22. The number of aliphatic hydroxyl groups excluding tert-OH is 2. The lowest BCUT2D eigenvalue weighted by Gasteiger charge is -2.50. The first kappa shape index (κ1) is 25.8. The van der Waals surface area contributed by atoms with Gasteiger partial charge in [0.25, 0.3) is 5.91 Å². The SMILES string of the molecule is CN(C)CCc1cc(O)c2c(c1F)C[C@H]1C[C@H]3[C@H](N(C)C)C(O)=C(C(N)=O)C(=O)[C@@]3(O)C(O)=C1C2=O. The number of phenols is 1. The van der Waals surface area contributed by atoms with Gasteiger partial charge in [-0.05, 0) is 65.0 Å². The first-order valence-corrected chi connectivity index (χ1v) is 11.6. The van der Waals surface area contributed by atoms with Crippen LogP contribution in [0.15, 0.2) is 28.7 Å². The predicted octanol–water partition coefficient (Wildman–Crippen LogP) is 0.364. The molecule has 1 aromatic rings. The second kappa shape index (κ2) is 8.68. The average Bonchev–Trinajstić information content (AvgIpc) is 2.77. The van der Waals surface area contributed by atoms with Gasteiger partial charge in [-0.3, -0.25) is 19.3 Å². The number of hydrogen-bond donors (Lipinski definition) is 5. The van der Waals surface area contributed by atoms with E-state index < -0.39 is 69.6 Å². The molecule has 3 aliphatic carbocycles. The van der Waals surface area contributed by atoms with E-state index in [4.69, 9.17) is 5.73 Å². The molecule has 0 aromatic heterocycles. The third-order valence-electron chi connectivity index (χ3n) is 7.56. The van der Waals surface area contributed by atoms with Crippen LogP contribution in [-0.2, 0) is 22.4 Å². The molecule has 0 saturated carbocycles. The Labute approximate surface area is 207 Å². The van der Waals surface area contributed by atoms with Crippen molar-refractivity contribution in [1.82, 2.24) is 9.80 Å². The fourth-order valence-corrected chi connectivity index (χ4v) is 5.88. The summed E-state index contributed by atoms with van der Waals surface area (Å²) in [4.78, 5) is 42.0. The molecule has 1 amide bonds. The Balaban J connectivity index is 1.90. The monoisotopic (exact) mass is 503 g/mol. The number of fused-ring (bicyclic) bond motifs is 3. The second-order valence-electron chi connectivity index (χ2n) is 10.2. The third kappa shape index (κ3) is 3.53. The van der Waals surface area contributed by atoms with Gasteiger partial charge < -0.3 is 31.1 Å². The van der Waals surface area contributed by atoms with Gasteiger partial charge in [-0.2, -0.15) is 0 Å². The van der Waals surface area contributed by atoms with E-state index in [1.54, 1.807) is 14.1 Å². The van der Waals surface area contributed by atoms with E-state index in [0.717, 1.165) is 0 Å². The number of hydrogen-bond acceptors (Lipinski definition) is 9. The molecule has 36 heavy (non-hydrogen) atoms. The fourth-order valence-electron chi connectivity index (χ4n) is 5.88. The molecule has 0 fully saturated rings. The Morgan fingerprint density at radius 3 is 2.39 bits per heavy atom. The minimum atomic E-state index is -2.72. The van der Waals surface area contributed by atoms with Gasteiger partial charge in [-0.15, -0.1) is 0 Å². The average molecular weight is 504 g/mol. The zero-order chi connectivity index (χ0) is 26.9. The van der Waals surface area contributed by atoms with Gasteiger partial charge >= 0.3 is 0 Å². The number of amides is 1. The number of primary amides is 1. The van der Waals surface area contributed by atoms with Crippen molar-refractivity contribution in [2.24, 2.45) is 17.6 Å². The topological polar surface area (TPSA) is 165 Å². The number of phenolic OH excluding ortho intramolecular Hbond substituents is 1. The van der Waals surface area contributed by atoms with Crippen LogP contribution >= 0.6 is 0 Å². The number of allylic oxidation sites excluding steroid dienone is 1. The van der Waals surface area contributed by atoms with E-state index in [-0.39, 0.29) is 35.1 Å². The van der Waals surface area contributed by atoms with Crippen LogP contribution in [0, 0.1) is 17.7 Å². The molecule has 3 aliphatic rings. The quantitative estimate of drug-likeness (QED) is 0.357. The number of carbonyl (C=O) groups is 3. The van der Waals surface area contributed by atoms with Gasteiger partial charge in [0.1, 0.15) is 28.7 Å². The Morgan fingerprint density at radius 2 is 1.83 bits per heavy atom. The largest absolute Gasteiger partial charge is 0.510 e. The van der Waals surface area contributed by atoms with Gasteiger partial charge in [-0.25, -0.2) is 4.39 Å². The van der Waals surface area contributed by atoms with Crippen LogP contribution in [0.1, 0.15) is 27.9 Å². The molecule has 4 atom stereocenters. The Hall–Kier alpha value is -3.28. The van der Waals surface area contributed by atoms with E-state index in [0.29, 0.717) is 13.0 Å². The zero-order valence-electron chi connectivity index (χ0n) is 20.5. The second-order valence-corrected chi connectivity index (χ2v) is 10.2. The number of rotatable bonds is 5. The number of Topliss-reactive ketones (excluding diaryl/α,β-unsaturated/α-hetero) is 2. The van der Waals surface area contributed by atoms with Crippen LogP contribution in [0.4, 0.5) is 4.39 Å². The lowest BCUT2D eigenvalue weighted by atomic mass is 9.58. The summed E-state index contributed by atoms with van der Waals surface area (Å²) in [7, 11) is 6.73. The lowest BCUT2D eigenvalue weighted by molar-refractivity contribution is -0.148. The van der Waals surface area contributed by atoms with Crippen molar-refractivity contribution in [1.29, 1.82) is 0 Å². The van der Waals surface area contributed by atoms with E-state index in [2.05, 4.69) is 0 Å². The summed E-state index contributed by atoms with van der Waals surface area (Å²) in [6, 6.07) is 0.0771. The van der Waals surface area contributed by atoms with Crippen molar-refractivity contribution in [3.8, 4) is 5.75 Å². The summed E-state index contributed by atoms with van der Waals surface area (Å²) in [6.07, 6.45) is 0.123. The highest BCUT2D eigenvalue weighted by atomic mass is 19.1. The highest BCUT2D eigenvalue weighted by Gasteiger charge is 2.63. The van der Waals surface area contributed by atoms with Gasteiger partial charge in [0.05, 0.1) is 11.6 Å². The van der Waals surface area contributed by atoms with Crippen molar-refractivity contribution in [3.63, 3.8) is 0 Å². The van der Waals surface area contributed by atoms with Gasteiger partial charge in [0, 0.05) is 23.6 Å². The number of aliphatic hydroxyl groups is 3. The van der Waals surface area contributed by atoms with Crippen molar-refractivity contribution >= 4 is 17.5 Å². The molecule has 194 valence electrons. The molecule has 0 unspecified atom stereocenters. The third-order valence-corrected chi connectivity index (χ3v) is 7.56. The number of benzene rings is 1. The predicted molar refractivity (Wildman–Crippen MR) is 126 cm³/mol. The summed E-state index contributed by atoms with van der Waals surface area (Å²) in [6.45, 7) is 0.508. The fraction of sp³-hybridized carbons (Fsp3) is 0.480. The first-order chi connectivity index (χ1) is 16.7. The van der Waals surface area contributed by atoms with Crippen molar-refractivity contribution in [2.75, 3.05) is 34.7 Å². The van der Waals surface area contributed by atoms with Crippen LogP contribution in [-0.4, -0.2) is 94.1 Å². The maximum atomic E-state index is 15.5. The van der Waals surface area contributed by atoms with E-state index in [9.17, 15) is 34.8 Å². The van der Waals surface area contributed by atoms with Crippen molar-refractivity contribution < 1.29 is 39.2 Å². The minimum Gasteiger partial charge on any atom is -0.510 e. The Morgan fingerprint density at radius 1 is 1.19 bits per heavy atom. The van der Waals surface area contributed by atoms with E-state index in [1.807, 2.05) is 19.0 Å². The zero-order valence-corrected chi connectivity index (χ0v) is 20.5. The van der Waals surface area contributed by atoms with Crippen LogP contribution in [0.5, 0.6) is 5.75 Å². The molecule has 11 heteroatoms. The van der Waals surface area contributed by atoms with Crippen LogP contribution in [0.25, 0.3) is 0 Å². The molecular formula is C25H30FN3O7. The summed E-state index contributed by atoms with van der Waals surface area (Å²) in [5.74, 6) is -8.19. The molecular weight excluding hydrogens is 473 g/mol. The van der Waals surface area contributed by atoms with Gasteiger partial charge in [-0.1, -0.05) is 0 Å². The van der Waals surface area contributed by atoms with Crippen LogP contribution in [0.2, 0.25) is 0 Å². The summed E-state index contributed by atoms with van der Waals surface area (Å²) >= 11 is 0. The number of carbonyl (C=O) groups excluding carboxylic acids is 3.